The molecule has 1 aliphatic rings. The van der Waals surface area contributed by atoms with Gasteiger partial charge < -0.3 is 19.9 Å². The molecule has 0 bridgehead atoms. The largest absolute Gasteiger partial charge is 0.481 e. The van der Waals surface area contributed by atoms with Gasteiger partial charge in [0.15, 0.2) is 0 Å². The van der Waals surface area contributed by atoms with Crippen LogP contribution in [0.2, 0.25) is 0 Å². The highest BCUT2D eigenvalue weighted by atomic mass is 79.9. The zero-order valence-corrected chi connectivity index (χ0v) is 22.6. The zero-order chi connectivity index (χ0) is 24.3. The minimum Gasteiger partial charge on any atom is -0.481 e. The van der Waals surface area contributed by atoms with Crippen LogP contribution in [-0.2, 0) is 13.6 Å². The van der Waals surface area contributed by atoms with Crippen molar-refractivity contribution in [3.05, 3.63) is 39.0 Å². The summed E-state index contributed by atoms with van der Waals surface area (Å²) in [5.41, 5.74) is 4.60. The maximum Gasteiger partial charge on any atom is 0.251 e. The SMILES string of the molecule is CCN(c1cc(Br)cc(C(=O)NCc2c(C)nn(C)c2OC)c1C)C1CCC(N(C)C)CC1. The molecular weight excluding hydrogens is 482 g/mol. The second-order valence-electron chi connectivity index (χ2n) is 9.19. The fourth-order valence-corrected chi connectivity index (χ4v) is 5.56. The van der Waals surface area contributed by atoms with Crippen molar-refractivity contribution in [2.24, 2.45) is 7.05 Å². The van der Waals surface area contributed by atoms with Crippen LogP contribution in [-0.4, -0.2) is 60.4 Å². The van der Waals surface area contributed by atoms with Gasteiger partial charge in [-0.3, -0.25) is 4.79 Å². The van der Waals surface area contributed by atoms with Gasteiger partial charge in [0.2, 0.25) is 5.88 Å². The Morgan fingerprint density at radius 3 is 2.42 bits per heavy atom. The lowest BCUT2D eigenvalue weighted by molar-refractivity contribution is 0.0950. The lowest BCUT2D eigenvalue weighted by Gasteiger charge is -2.40. The Balaban J connectivity index is 1.81. The Bertz CT molecular complexity index is 980. The normalized spacial score (nSPS) is 18.5. The quantitative estimate of drug-likeness (QED) is 0.558. The van der Waals surface area contributed by atoms with E-state index in [1.54, 1.807) is 11.8 Å². The number of carbonyl (C=O) groups excluding carboxylic acids is 1. The molecule has 1 fully saturated rings. The third kappa shape index (κ3) is 5.54. The second-order valence-corrected chi connectivity index (χ2v) is 10.1. The zero-order valence-electron chi connectivity index (χ0n) is 21.0. The third-order valence-electron chi connectivity index (χ3n) is 6.98. The molecule has 1 saturated carbocycles. The Morgan fingerprint density at radius 2 is 1.85 bits per heavy atom. The average Bonchev–Trinajstić information content (AvgIpc) is 3.06. The first-order chi connectivity index (χ1) is 15.7. The maximum absolute atomic E-state index is 13.2. The van der Waals surface area contributed by atoms with Crippen LogP contribution in [0.3, 0.4) is 0 Å². The Morgan fingerprint density at radius 1 is 1.21 bits per heavy atom. The number of methoxy groups -OCH3 is 1. The molecule has 1 amide bonds. The summed E-state index contributed by atoms with van der Waals surface area (Å²) in [4.78, 5) is 18.1. The van der Waals surface area contributed by atoms with Crippen molar-refractivity contribution in [2.45, 2.75) is 65.1 Å². The van der Waals surface area contributed by atoms with E-state index in [2.05, 4.69) is 70.2 Å². The summed E-state index contributed by atoms with van der Waals surface area (Å²) in [7, 11) is 7.81. The molecule has 1 aromatic carbocycles. The number of amides is 1. The van der Waals surface area contributed by atoms with E-state index >= 15 is 0 Å². The van der Waals surface area contributed by atoms with E-state index in [-0.39, 0.29) is 5.91 Å². The van der Waals surface area contributed by atoms with Crippen LogP contribution in [0.1, 0.15) is 59.8 Å². The first kappa shape index (κ1) is 25.6. The number of hydrogen-bond donors (Lipinski definition) is 1. The van der Waals surface area contributed by atoms with Crippen molar-refractivity contribution in [3.8, 4) is 5.88 Å². The third-order valence-corrected chi connectivity index (χ3v) is 7.44. The number of benzene rings is 1. The predicted molar refractivity (Wildman–Crippen MR) is 137 cm³/mol. The van der Waals surface area contributed by atoms with Crippen molar-refractivity contribution in [1.82, 2.24) is 20.0 Å². The number of rotatable bonds is 8. The highest BCUT2D eigenvalue weighted by Gasteiger charge is 2.28. The van der Waals surface area contributed by atoms with Gasteiger partial charge in [0.05, 0.1) is 24.9 Å². The van der Waals surface area contributed by atoms with Crippen LogP contribution in [0.25, 0.3) is 0 Å². The van der Waals surface area contributed by atoms with Gasteiger partial charge in [0, 0.05) is 41.4 Å². The van der Waals surface area contributed by atoms with Gasteiger partial charge in [0.1, 0.15) is 0 Å². The molecule has 8 heteroatoms. The lowest BCUT2D eigenvalue weighted by atomic mass is 9.89. The molecule has 2 aromatic rings. The van der Waals surface area contributed by atoms with E-state index in [1.165, 1.54) is 25.7 Å². The van der Waals surface area contributed by atoms with Gasteiger partial charge in [-0.1, -0.05) is 15.9 Å². The monoisotopic (exact) mass is 519 g/mol. The Labute approximate surface area is 206 Å². The summed E-state index contributed by atoms with van der Waals surface area (Å²) in [5.74, 6) is 0.581. The van der Waals surface area contributed by atoms with Crippen LogP contribution in [0.4, 0.5) is 5.69 Å². The van der Waals surface area contributed by atoms with E-state index in [9.17, 15) is 4.79 Å². The van der Waals surface area contributed by atoms with Crippen LogP contribution < -0.4 is 15.0 Å². The highest BCUT2D eigenvalue weighted by molar-refractivity contribution is 9.10. The number of nitrogens with zero attached hydrogens (tertiary/aromatic N) is 4. The van der Waals surface area contributed by atoms with Crippen molar-refractivity contribution in [2.75, 3.05) is 32.6 Å². The van der Waals surface area contributed by atoms with Crippen LogP contribution in [0.15, 0.2) is 16.6 Å². The molecule has 0 unspecified atom stereocenters. The van der Waals surface area contributed by atoms with Crippen molar-refractivity contribution in [3.63, 3.8) is 0 Å². The first-order valence-electron chi connectivity index (χ1n) is 11.8. The summed E-state index contributed by atoms with van der Waals surface area (Å²) in [5, 5.41) is 7.48. The Kier molecular flexibility index (Phi) is 8.45. The Hall–Kier alpha value is -2.06. The summed E-state index contributed by atoms with van der Waals surface area (Å²) in [6.45, 7) is 7.48. The van der Waals surface area contributed by atoms with Gasteiger partial charge in [-0.15, -0.1) is 0 Å². The van der Waals surface area contributed by atoms with Crippen LogP contribution >= 0.6 is 15.9 Å². The minimum atomic E-state index is -0.0901. The summed E-state index contributed by atoms with van der Waals surface area (Å²) < 4.78 is 8.08. The van der Waals surface area contributed by atoms with Crippen LogP contribution in [0, 0.1) is 13.8 Å². The molecule has 3 rings (SSSR count). The van der Waals surface area contributed by atoms with Crippen molar-refractivity contribution >= 4 is 27.5 Å². The molecule has 0 atom stereocenters. The van der Waals surface area contributed by atoms with Gasteiger partial charge in [-0.25, -0.2) is 4.68 Å². The van der Waals surface area contributed by atoms with E-state index < -0.39 is 0 Å². The molecule has 1 aromatic heterocycles. The fourth-order valence-electron chi connectivity index (χ4n) is 5.11. The standard InChI is InChI=1S/C25H38BrN5O2/c1-8-31(20-11-9-19(10-12-20)29(4)5)23-14-18(26)13-21(16(23)2)24(32)27-15-22-17(3)28-30(6)25(22)33-7/h13-14,19-20H,8-12,15H2,1-7H3,(H,27,32). The molecule has 182 valence electrons. The summed E-state index contributed by atoms with van der Waals surface area (Å²) in [6, 6.07) is 5.23. The summed E-state index contributed by atoms with van der Waals surface area (Å²) in [6.07, 6.45) is 4.76. The van der Waals surface area contributed by atoms with Gasteiger partial charge in [0.25, 0.3) is 5.91 Å². The number of hydrogen-bond acceptors (Lipinski definition) is 5. The molecule has 1 N–H and O–H groups in total. The number of carbonyl (C=O) groups is 1. The number of nitrogens with one attached hydrogen (secondary N) is 1. The van der Waals surface area contributed by atoms with Crippen molar-refractivity contribution in [1.29, 1.82) is 0 Å². The average molecular weight is 521 g/mol. The molecule has 0 saturated heterocycles. The predicted octanol–water partition coefficient (Wildman–Crippen LogP) is 4.44. The molecular formula is C25H38BrN5O2. The summed E-state index contributed by atoms with van der Waals surface area (Å²) >= 11 is 3.65. The number of aryl methyl sites for hydroxylation is 2. The van der Waals surface area contributed by atoms with Gasteiger partial charge in [-0.2, -0.15) is 5.10 Å². The molecule has 0 aliphatic heterocycles. The number of anilines is 1. The number of ether oxygens (including phenoxy) is 1. The molecule has 1 heterocycles. The van der Waals surface area contributed by atoms with E-state index in [4.69, 9.17) is 4.74 Å². The van der Waals surface area contributed by atoms with Crippen LogP contribution in [0.5, 0.6) is 5.88 Å². The van der Waals surface area contributed by atoms with E-state index in [0.29, 0.717) is 30.1 Å². The van der Waals surface area contributed by atoms with Crippen molar-refractivity contribution < 1.29 is 9.53 Å². The topological polar surface area (TPSA) is 62.6 Å². The number of halogens is 1. The molecule has 0 radical (unpaired) electrons. The molecule has 33 heavy (non-hydrogen) atoms. The number of aromatic nitrogens is 2. The highest BCUT2D eigenvalue weighted by Crippen LogP contribution is 2.34. The molecule has 1 aliphatic carbocycles. The van der Waals surface area contributed by atoms with E-state index in [0.717, 1.165) is 33.5 Å². The lowest BCUT2D eigenvalue weighted by Crippen LogP contribution is -2.42. The van der Waals surface area contributed by atoms with E-state index in [1.807, 2.05) is 20.0 Å². The molecule has 7 nitrogen and oxygen atoms in total. The van der Waals surface area contributed by atoms with Gasteiger partial charge >= 0.3 is 0 Å². The first-order valence-corrected chi connectivity index (χ1v) is 12.5. The maximum atomic E-state index is 13.2. The van der Waals surface area contributed by atoms with Gasteiger partial charge in [-0.05, 0) is 78.2 Å². The second kappa shape index (κ2) is 10.9. The smallest absolute Gasteiger partial charge is 0.251 e. The molecule has 0 spiro atoms. The minimum absolute atomic E-state index is 0.0901. The fraction of sp³-hybridized carbons (Fsp3) is 0.600.